The second kappa shape index (κ2) is 6.86. The lowest BCUT2D eigenvalue weighted by molar-refractivity contribution is -0.113. The number of thiocarbonyl (C=S) groups is 1. The predicted molar refractivity (Wildman–Crippen MR) is 108 cm³/mol. The van der Waals surface area contributed by atoms with Crippen LogP contribution in [0.15, 0.2) is 59.8 Å². The van der Waals surface area contributed by atoms with E-state index in [0.29, 0.717) is 20.7 Å². The number of thioether (sulfide) groups is 1. The first-order valence-electron chi connectivity index (χ1n) is 7.80. The Morgan fingerprint density at radius 2 is 1.92 bits per heavy atom. The average Bonchev–Trinajstić information content (AvgIpc) is 2.95. The van der Waals surface area contributed by atoms with Crippen molar-refractivity contribution in [2.45, 2.75) is 0 Å². The summed E-state index contributed by atoms with van der Waals surface area (Å²) in [5, 5.41) is 0. The Morgan fingerprint density at radius 1 is 1.12 bits per heavy atom. The molecule has 0 radical (unpaired) electrons. The standard InChI is InChI=1S/C19H13N3O2S2/c1-24-15-8-3-2-7-14(15)22-18(23)16(26-19(22)25)11-12-5-4-6-13-17(12)21-10-9-20-13/h2-11H,1H3/b16-11-. The fraction of sp³-hybridized carbons (Fsp3) is 0.0526. The van der Waals surface area contributed by atoms with Gasteiger partial charge in [-0.2, -0.15) is 0 Å². The van der Waals surface area contributed by atoms with Crippen LogP contribution in [0, 0.1) is 0 Å². The quantitative estimate of drug-likeness (QED) is 0.506. The number of nitrogens with zero attached hydrogens (tertiary/aromatic N) is 3. The molecule has 3 aromatic rings. The molecule has 0 aliphatic carbocycles. The fourth-order valence-corrected chi connectivity index (χ4v) is 4.04. The molecular formula is C19H13N3O2S2. The molecule has 1 aromatic heterocycles. The molecule has 1 amide bonds. The third-order valence-corrected chi connectivity index (χ3v) is 5.24. The SMILES string of the molecule is COc1ccccc1N1C(=O)/C(=C/c2cccc3nccnc23)SC1=S. The van der Waals surface area contributed by atoms with Gasteiger partial charge in [-0.1, -0.05) is 48.2 Å². The van der Waals surface area contributed by atoms with E-state index in [1.807, 2.05) is 42.5 Å². The van der Waals surface area contributed by atoms with E-state index in [9.17, 15) is 4.79 Å². The van der Waals surface area contributed by atoms with Crippen LogP contribution in [0.25, 0.3) is 17.1 Å². The molecule has 0 saturated carbocycles. The van der Waals surface area contributed by atoms with Gasteiger partial charge in [-0.25, -0.2) is 0 Å². The van der Waals surface area contributed by atoms with Crippen LogP contribution >= 0.6 is 24.0 Å². The summed E-state index contributed by atoms with van der Waals surface area (Å²) in [6.07, 6.45) is 5.10. The molecule has 1 fully saturated rings. The lowest BCUT2D eigenvalue weighted by Gasteiger charge is -2.17. The minimum atomic E-state index is -0.176. The number of benzene rings is 2. The van der Waals surface area contributed by atoms with Gasteiger partial charge in [-0.3, -0.25) is 19.7 Å². The Labute approximate surface area is 159 Å². The molecule has 1 aliphatic heterocycles. The van der Waals surface area contributed by atoms with Crippen LogP contribution in [0.2, 0.25) is 0 Å². The molecule has 4 rings (SSSR count). The Hall–Kier alpha value is -2.77. The van der Waals surface area contributed by atoms with E-state index in [1.54, 1.807) is 25.6 Å². The normalized spacial score (nSPS) is 15.9. The van der Waals surface area contributed by atoms with Gasteiger partial charge in [0.2, 0.25) is 0 Å². The number of para-hydroxylation sites is 3. The van der Waals surface area contributed by atoms with Crippen molar-refractivity contribution < 1.29 is 9.53 Å². The first-order valence-corrected chi connectivity index (χ1v) is 9.02. The molecule has 2 heterocycles. The van der Waals surface area contributed by atoms with Gasteiger partial charge < -0.3 is 4.74 Å². The van der Waals surface area contributed by atoms with Gasteiger partial charge in [-0.05, 0) is 24.3 Å². The van der Waals surface area contributed by atoms with Crippen LogP contribution in [-0.2, 0) is 4.79 Å². The second-order valence-corrected chi connectivity index (χ2v) is 7.14. The van der Waals surface area contributed by atoms with E-state index < -0.39 is 0 Å². The minimum Gasteiger partial charge on any atom is -0.495 e. The maximum absolute atomic E-state index is 13.0. The highest BCUT2D eigenvalue weighted by Crippen LogP contribution is 2.40. The molecule has 0 bridgehead atoms. The van der Waals surface area contributed by atoms with E-state index in [-0.39, 0.29) is 5.91 Å². The van der Waals surface area contributed by atoms with Crippen molar-refractivity contribution in [3.8, 4) is 5.75 Å². The predicted octanol–water partition coefficient (Wildman–Crippen LogP) is 4.04. The molecule has 7 heteroatoms. The van der Waals surface area contributed by atoms with Crippen molar-refractivity contribution in [1.82, 2.24) is 9.97 Å². The van der Waals surface area contributed by atoms with E-state index in [1.165, 1.54) is 16.7 Å². The number of carbonyl (C=O) groups excluding carboxylic acids is 1. The molecule has 5 nitrogen and oxygen atoms in total. The van der Waals surface area contributed by atoms with Crippen LogP contribution < -0.4 is 9.64 Å². The van der Waals surface area contributed by atoms with Gasteiger partial charge >= 0.3 is 0 Å². The topological polar surface area (TPSA) is 55.3 Å². The number of fused-ring (bicyclic) bond motifs is 1. The van der Waals surface area contributed by atoms with E-state index >= 15 is 0 Å². The summed E-state index contributed by atoms with van der Waals surface area (Å²) in [7, 11) is 1.57. The lowest BCUT2D eigenvalue weighted by atomic mass is 10.1. The zero-order chi connectivity index (χ0) is 18.1. The molecule has 0 N–H and O–H groups in total. The Balaban J connectivity index is 1.76. The first-order chi connectivity index (χ1) is 12.7. The number of anilines is 1. The molecule has 128 valence electrons. The first kappa shape index (κ1) is 16.7. The Morgan fingerprint density at radius 3 is 2.77 bits per heavy atom. The minimum absolute atomic E-state index is 0.176. The summed E-state index contributed by atoms with van der Waals surface area (Å²) in [6, 6.07) is 13.0. The van der Waals surface area contributed by atoms with Crippen molar-refractivity contribution in [3.63, 3.8) is 0 Å². The third-order valence-electron chi connectivity index (χ3n) is 3.94. The second-order valence-electron chi connectivity index (χ2n) is 5.46. The summed E-state index contributed by atoms with van der Waals surface area (Å²) in [6.45, 7) is 0. The number of hydrogen-bond donors (Lipinski definition) is 0. The van der Waals surface area contributed by atoms with E-state index in [0.717, 1.165) is 16.6 Å². The van der Waals surface area contributed by atoms with E-state index in [4.69, 9.17) is 17.0 Å². The highest BCUT2D eigenvalue weighted by atomic mass is 32.2. The number of methoxy groups -OCH3 is 1. The number of ether oxygens (including phenoxy) is 1. The van der Waals surface area contributed by atoms with Crippen molar-refractivity contribution in [3.05, 3.63) is 65.3 Å². The number of amides is 1. The summed E-state index contributed by atoms with van der Waals surface area (Å²) < 4.78 is 5.83. The summed E-state index contributed by atoms with van der Waals surface area (Å²) in [5.74, 6) is 0.423. The van der Waals surface area contributed by atoms with Gasteiger partial charge in [0.05, 0.1) is 28.7 Å². The van der Waals surface area contributed by atoms with Crippen LogP contribution in [-0.4, -0.2) is 27.3 Å². The molecule has 1 saturated heterocycles. The van der Waals surface area contributed by atoms with Crippen molar-refractivity contribution >= 4 is 57.0 Å². The van der Waals surface area contributed by atoms with Crippen molar-refractivity contribution in [2.75, 3.05) is 12.0 Å². The highest BCUT2D eigenvalue weighted by molar-refractivity contribution is 8.27. The van der Waals surface area contributed by atoms with Gasteiger partial charge in [0, 0.05) is 18.0 Å². The van der Waals surface area contributed by atoms with Gasteiger partial charge in [0.15, 0.2) is 4.32 Å². The van der Waals surface area contributed by atoms with Crippen LogP contribution in [0.1, 0.15) is 5.56 Å². The smallest absolute Gasteiger partial charge is 0.270 e. The van der Waals surface area contributed by atoms with Crippen LogP contribution in [0.3, 0.4) is 0 Å². The monoisotopic (exact) mass is 379 g/mol. The van der Waals surface area contributed by atoms with Crippen molar-refractivity contribution in [1.29, 1.82) is 0 Å². The van der Waals surface area contributed by atoms with Gasteiger partial charge in [-0.15, -0.1) is 0 Å². The van der Waals surface area contributed by atoms with Crippen LogP contribution in [0.4, 0.5) is 5.69 Å². The zero-order valence-corrected chi connectivity index (χ0v) is 15.4. The van der Waals surface area contributed by atoms with Gasteiger partial charge in [0.1, 0.15) is 5.75 Å². The molecule has 0 unspecified atom stereocenters. The molecule has 2 aromatic carbocycles. The maximum atomic E-state index is 13.0. The largest absolute Gasteiger partial charge is 0.495 e. The molecule has 26 heavy (non-hydrogen) atoms. The Bertz CT molecular complexity index is 1060. The summed E-state index contributed by atoms with van der Waals surface area (Å²) in [4.78, 5) is 23.7. The van der Waals surface area contributed by atoms with Gasteiger partial charge in [0.25, 0.3) is 5.91 Å². The number of rotatable bonds is 3. The number of carbonyl (C=O) groups is 1. The summed E-state index contributed by atoms with van der Waals surface area (Å²) >= 11 is 6.70. The maximum Gasteiger partial charge on any atom is 0.270 e. The zero-order valence-electron chi connectivity index (χ0n) is 13.7. The number of hydrogen-bond acceptors (Lipinski definition) is 6. The highest BCUT2D eigenvalue weighted by Gasteiger charge is 2.34. The fourth-order valence-electron chi connectivity index (χ4n) is 2.76. The summed E-state index contributed by atoms with van der Waals surface area (Å²) in [5.41, 5.74) is 2.99. The molecular weight excluding hydrogens is 366 g/mol. The van der Waals surface area contributed by atoms with Crippen LogP contribution in [0.5, 0.6) is 5.75 Å². The molecule has 0 atom stereocenters. The van der Waals surface area contributed by atoms with E-state index in [2.05, 4.69) is 9.97 Å². The number of aromatic nitrogens is 2. The third kappa shape index (κ3) is 2.85. The van der Waals surface area contributed by atoms with Crippen molar-refractivity contribution in [2.24, 2.45) is 0 Å². The molecule has 0 spiro atoms. The average molecular weight is 379 g/mol. The Kier molecular flexibility index (Phi) is 4.40. The molecule has 1 aliphatic rings. The lowest BCUT2D eigenvalue weighted by Crippen LogP contribution is -2.27.